The number of carbonyl (C=O) groups is 1. The van der Waals surface area contributed by atoms with E-state index in [1.807, 2.05) is 6.07 Å². The minimum atomic E-state index is -0.0194. The van der Waals surface area contributed by atoms with Gasteiger partial charge in [-0.2, -0.15) is 5.10 Å². The largest absolute Gasteiger partial charge is 0.453 e. The van der Waals surface area contributed by atoms with Crippen molar-refractivity contribution in [3.05, 3.63) is 42.2 Å². The smallest absolute Gasteiger partial charge is 0.165 e. The third-order valence-electron chi connectivity index (χ3n) is 1.97. The summed E-state index contributed by atoms with van der Waals surface area (Å²) in [5, 5.41) is 6.40. The molecule has 4 heteroatoms. The van der Waals surface area contributed by atoms with Crippen molar-refractivity contribution in [1.82, 2.24) is 10.2 Å². The summed E-state index contributed by atoms with van der Waals surface area (Å²) in [6, 6.07) is 7.11. The van der Waals surface area contributed by atoms with Gasteiger partial charge in [0.25, 0.3) is 0 Å². The van der Waals surface area contributed by atoms with Gasteiger partial charge in [-0.15, -0.1) is 0 Å². The fraction of sp³-hybridized carbons (Fsp3) is 0.0909. The number of rotatable bonds is 3. The van der Waals surface area contributed by atoms with E-state index in [0.29, 0.717) is 17.1 Å². The minimum Gasteiger partial charge on any atom is -0.453 e. The zero-order chi connectivity index (χ0) is 10.7. The zero-order valence-electron chi connectivity index (χ0n) is 8.23. The number of benzene rings is 1. The molecular weight excluding hydrogens is 192 g/mol. The van der Waals surface area contributed by atoms with E-state index in [1.165, 1.54) is 6.92 Å². The molecule has 76 valence electrons. The Hall–Kier alpha value is -2.10. The molecule has 0 bridgehead atoms. The van der Waals surface area contributed by atoms with Gasteiger partial charge in [-0.1, -0.05) is 12.1 Å². The summed E-state index contributed by atoms with van der Waals surface area (Å²) in [4.78, 5) is 11.3. The Balaban J connectivity index is 2.32. The molecule has 0 aliphatic rings. The van der Waals surface area contributed by atoms with Crippen molar-refractivity contribution in [3.8, 4) is 11.5 Å². The van der Waals surface area contributed by atoms with Gasteiger partial charge >= 0.3 is 0 Å². The van der Waals surface area contributed by atoms with Gasteiger partial charge in [0, 0.05) is 0 Å². The van der Waals surface area contributed by atoms with E-state index in [0.717, 1.165) is 0 Å². The van der Waals surface area contributed by atoms with E-state index in [9.17, 15) is 4.79 Å². The lowest BCUT2D eigenvalue weighted by Gasteiger charge is -2.06. The fourth-order valence-electron chi connectivity index (χ4n) is 1.27. The Morgan fingerprint density at radius 3 is 2.87 bits per heavy atom. The standard InChI is InChI=1S/C11H10N2O2/c1-8(14)10-4-2-3-5-11(10)15-9-6-12-13-7-9/h2-7H,1H3,(H,12,13). The average molecular weight is 202 g/mol. The minimum absolute atomic E-state index is 0.0194. The van der Waals surface area contributed by atoms with Crippen LogP contribution < -0.4 is 4.74 Å². The van der Waals surface area contributed by atoms with Crippen LogP contribution in [-0.2, 0) is 0 Å². The molecule has 0 atom stereocenters. The molecule has 15 heavy (non-hydrogen) atoms. The summed E-state index contributed by atoms with van der Waals surface area (Å²) in [6.45, 7) is 1.51. The Morgan fingerprint density at radius 1 is 1.40 bits per heavy atom. The molecule has 1 aromatic carbocycles. The van der Waals surface area contributed by atoms with E-state index in [4.69, 9.17) is 4.74 Å². The number of ketones is 1. The molecule has 0 amide bonds. The van der Waals surface area contributed by atoms with Crippen LogP contribution in [0.5, 0.6) is 11.5 Å². The molecule has 1 heterocycles. The topological polar surface area (TPSA) is 55.0 Å². The van der Waals surface area contributed by atoms with Gasteiger partial charge in [0.2, 0.25) is 0 Å². The second-order valence-corrected chi connectivity index (χ2v) is 3.09. The first kappa shape index (κ1) is 9.45. The maximum absolute atomic E-state index is 11.3. The van der Waals surface area contributed by atoms with E-state index >= 15 is 0 Å². The summed E-state index contributed by atoms with van der Waals surface area (Å²) in [5.74, 6) is 1.11. The van der Waals surface area contributed by atoms with Crippen LogP contribution in [0.2, 0.25) is 0 Å². The van der Waals surface area contributed by atoms with Gasteiger partial charge in [0.05, 0.1) is 18.0 Å². The fourth-order valence-corrected chi connectivity index (χ4v) is 1.27. The van der Waals surface area contributed by atoms with Crippen LogP contribution in [0, 0.1) is 0 Å². The van der Waals surface area contributed by atoms with Crippen molar-refractivity contribution in [1.29, 1.82) is 0 Å². The number of aromatic nitrogens is 2. The number of aromatic amines is 1. The average Bonchev–Trinajstić information content (AvgIpc) is 2.71. The normalized spacial score (nSPS) is 9.93. The third kappa shape index (κ3) is 2.04. The van der Waals surface area contributed by atoms with Crippen molar-refractivity contribution < 1.29 is 9.53 Å². The first-order chi connectivity index (χ1) is 7.27. The van der Waals surface area contributed by atoms with Gasteiger partial charge in [-0.05, 0) is 19.1 Å². The number of nitrogens with zero attached hydrogens (tertiary/aromatic N) is 1. The lowest BCUT2D eigenvalue weighted by atomic mass is 10.1. The van der Waals surface area contributed by atoms with Crippen LogP contribution in [0.25, 0.3) is 0 Å². The monoisotopic (exact) mass is 202 g/mol. The highest BCUT2D eigenvalue weighted by atomic mass is 16.5. The molecule has 0 spiro atoms. The van der Waals surface area contributed by atoms with Crippen LogP contribution in [0.15, 0.2) is 36.7 Å². The predicted molar refractivity (Wildman–Crippen MR) is 55.1 cm³/mol. The second-order valence-electron chi connectivity index (χ2n) is 3.09. The summed E-state index contributed by atoms with van der Waals surface area (Å²) in [7, 11) is 0. The Bertz CT molecular complexity index is 463. The molecule has 0 fully saturated rings. The quantitative estimate of drug-likeness (QED) is 0.777. The molecular formula is C11H10N2O2. The number of para-hydroxylation sites is 1. The number of hydrogen-bond acceptors (Lipinski definition) is 3. The highest BCUT2D eigenvalue weighted by molar-refractivity contribution is 5.96. The van der Waals surface area contributed by atoms with Crippen molar-refractivity contribution >= 4 is 5.78 Å². The van der Waals surface area contributed by atoms with Crippen molar-refractivity contribution in [2.24, 2.45) is 0 Å². The molecule has 0 aliphatic carbocycles. The summed E-state index contributed by atoms with van der Waals surface area (Å²) in [6.07, 6.45) is 3.17. The first-order valence-corrected chi connectivity index (χ1v) is 4.54. The molecule has 0 saturated heterocycles. The third-order valence-corrected chi connectivity index (χ3v) is 1.97. The molecule has 4 nitrogen and oxygen atoms in total. The molecule has 1 aromatic heterocycles. The van der Waals surface area contributed by atoms with Crippen LogP contribution in [-0.4, -0.2) is 16.0 Å². The lowest BCUT2D eigenvalue weighted by molar-refractivity contribution is 0.101. The van der Waals surface area contributed by atoms with E-state index in [2.05, 4.69) is 10.2 Å². The second kappa shape index (κ2) is 3.96. The first-order valence-electron chi connectivity index (χ1n) is 4.54. The van der Waals surface area contributed by atoms with Crippen molar-refractivity contribution in [2.45, 2.75) is 6.92 Å². The highest BCUT2D eigenvalue weighted by Gasteiger charge is 2.08. The number of nitrogens with one attached hydrogen (secondary N) is 1. The Kier molecular flexibility index (Phi) is 2.49. The van der Waals surface area contributed by atoms with Crippen LogP contribution in [0.4, 0.5) is 0 Å². The van der Waals surface area contributed by atoms with Gasteiger partial charge < -0.3 is 4.74 Å². The number of hydrogen-bond donors (Lipinski definition) is 1. The van der Waals surface area contributed by atoms with Gasteiger partial charge in [0.1, 0.15) is 5.75 Å². The van der Waals surface area contributed by atoms with Gasteiger partial charge in [-0.3, -0.25) is 9.89 Å². The number of ether oxygens (including phenoxy) is 1. The van der Waals surface area contributed by atoms with Gasteiger partial charge in [0.15, 0.2) is 11.5 Å². The SMILES string of the molecule is CC(=O)c1ccccc1Oc1cn[nH]c1. The maximum Gasteiger partial charge on any atom is 0.165 e. The van der Waals surface area contributed by atoms with Crippen LogP contribution in [0.3, 0.4) is 0 Å². The maximum atomic E-state index is 11.3. The van der Waals surface area contributed by atoms with E-state index in [1.54, 1.807) is 30.6 Å². The van der Waals surface area contributed by atoms with Crippen molar-refractivity contribution in [3.63, 3.8) is 0 Å². The number of H-pyrrole nitrogens is 1. The lowest BCUT2D eigenvalue weighted by Crippen LogP contribution is -1.95. The molecule has 0 aliphatic heterocycles. The summed E-state index contributed by atoms with van der Waals surface area (Å²) in [5.41, 5.74) is 0.568. The number of carbonyl (C=O) groups excluding carboxylic acids is 1. The highest BCUT2D eigenvalue weighted by Crippen LogP contribution is 2.24. The summed E-state index contributed by atoms with van der Waals surface area (Å²) < 4.78 is 5.50. The molecule has 0 saturated carbocycles. The number of Topliss-reactive ketones (excluding diaryl/α,β-unsaturated/α-hetero) is 1. The van der Waals surface area contributed by atoms with E-state index in [-0.39, 0.29) is 5.78 Å². The zero-order valence-corrected chi connectivity index (χ0v) is 8.23. The molecule has 2 aromatic rings. The molecule has 0 radical (unpaired) electrons. The summed E-state index contributed by atoms with van der Waals surface area (Å²) >= 11 is 0. The van der Waals surface area contributed by atoms with Crippen LogP contribution in [0.1, 0.15) is 17.3 Å². The van der Waals surface area contributed by atoms with E-state index < -0.39 is 0 Å². The molecule has 1 N–H and O–H groups in total. The Morgan fingerprint density at radius 2 is 2.20 bits per heavy atom. The van der Waals surface area contributed by atoms with Crippen LogP contribution >= 0.6 is 0 Å². The Labute approximate surface area is 86.9 Å². The van der Waals surface area contributed by atoms with Gasteiger partial charge in [-0.25, -0.2) is 0 Å². The van der Waals surface area contributed by atoms with Crippen molar-refractivity contribution in [2.75, 3.05) is 0 Å². The molecule has 0 unspecified atom stereocenters. The predicted octanol–water partition coefficient (Wildman–Crippen LogP) is 2.40. The molecule has 2 rings (SSSR count).